The maximum absolute atomic E-state index is 12.1. The van der Waals surface area contributed by atoms with Gasteiger partial charge in [0.05, 0.1) is 12.1 Å². The minimum atomic E-state index is -0.552. The maximum Gasteiger partial charge on any atom is 0.243 e. The zero-order chi connectivity index (χ0) is 13.3. The van der Waals surface area contributed by atoms with Crippen LogP contribution in [-0.4, -0.2) is 34.3 Å². The van der Waals surface area contributed by atoms with Gasteiger partial charge < -0.3 is 10.2 Å². The number of rotatable bonds is 3. The second-order valence-electron chi connectivity index (χ2n) is 4.80. The first-order valence-corrected chi connectivity index (χ1v) is 6.86. The number of amides is 2. The number of carbonyl (C=O) groups excluding carboxylic acids is 2. The lowest BCUT2D eigenvalue weighted by Crippen LogP contribution is -2.63. The zero-order valence-electron chi connectivity index (χ0n) is 10.8. The first-order chi connectivity index (χ1) is 8.48. The van der Waals surface area contributed by atoms with Crippen molar-refractivity contribution in [3.8, 4) is 0 Å². The standard InChI is InChI=1S/C12H17N3O2S/c1-4-8-10(17)14-7-9(16)15(8)12(2,3)11-13-5-6-18-11/h5-6,8H,4,7H2,1-3H3,(H,14,17). The molecule has 1 aromatic heterocycles. The van der Waals surface area contributed by atoms with E-state index in [0.29, 0.717) is 6.42 Å². The van der Waals surface area contributed by atoms with E-state index in [1.165, 1.54) is 11.3 Å². The Kier molecular flexibility index (Phi) is 3.38. The van der Waals surface area contributed by atoms with Crippen LogP contribution in [0.5, 0.6) is 0 Å². The van der Waals surface area contributed by atoms with Gasteiger partial charge >= 0.3 is 0 Å². The summed E-state index contributed by atoms with van der Waals surface area (Å²) in [5.74, 6) is -0.136. The number of carbonyl (C=O) groups is 2. The highest BCUT2D eigenvalue weighted by atomic mass is 32.1. The van der Waals surface area contributed by atoms with E-state index in [0.717, 1.165) is 5.01 Å². The Labute approximate surface area is 110 Å². The topological polar surface area (TPSA) is 62.3 Å². The molecular formula is C12H17N3O2S. The second-order valence-corrected chi connectivity index (χ2v) is 5.70. The average Bonchev–Trinajstić information content (AvgIpc) is 2.85. The Bertz CT molecular complexity index is 456. The van der Waals surface area contributed by atoms with Crippen molar-refractivity contribution in [2.45, 2.75) is 38.8 Å². The zero-order valence-corrected chi connectivity index (χ0v) is 11.6. The average molecular weight is 267 g/mol. The summed E-state index contributed by atoms with van der Waals surface area (Å²) in [6.07, 6.45) is 2.32. The first kappa shape index (κ1) is 13.0. The van der Waals surface area contributed by atoms with Crippen molar-refractivity contribution in [2.75, 3.05) is 6.54 Å². The molecule has 0 aliphatic carbocycles. The van der Waals surface area contributed by atoms with Gasteiger partial charge in [-0.15, -0.1) is 11.3 Å². The Morgan fingerprint density at radius 2 is 2.28 bits per heavy atom. The van der Waals surface area contributed by atoms with Crippen LogP contribution in [0.3, 0.4) is 0 Å². The molecule has 1 fully saturated rings. The molecule has 6 heteroatoms. The maximum atomic E-state index is 12.1. The van der Waals surface area contributed by atoms with Crippen molar-refractivity contribution < 1.29 is 9.59 Å². The number of thiazole rings is 1. The van der Waals surface area contributed by atoms with Crippen molar-refractivity contribution in [1.82, 2.24) is 15.2 Å². The molecule has 1 aromatic rings. The van der Waals surface area contributed by atoms with E-state index in [1.807, 2.05) is 26.2 Å². The summed E-state index contributed by atoms with van der Waals surface area (Å²) in [7, 11) is 0. The molecule has 2 heterocycles. The normalized spacial score (nSPS) is 21.1. The van der Waals surface area contributed by atoms with Crippen molar-refractivity contribution in [3.63, 3.8) is 0 Å². The van der Waals surface area contributed by atoms with Crippen LogP contribution in [0.25, 0.3) is 0 Å². The Hall–Kier alpha value is -1.43. The van der Waals surface area contributed by atoms with Crippen LogP contribution in [0, 0.1) is 0 Å². The van der Waals surface area contributed by atoms with E-state index in [-0.39, 0.29) is 18.4 Å². The number of piperazine rings is 1. The minimum Gasteiger partial charge on any atom is -0.345 e. The summed E-state index contributed by atoms with van der Waals surface area (Å²) in [4.78, 5) is 30.0. The molecule has 0 spiro atoms. The van der Waals surface area contributed by atoms with Gasteiger partial charge in [-0.25, -0.2) is 4.98 Å². The van der Waals surface area contributed by atoms with Crippen LogP contribution in [0.1, 0.15) is 32.2 Å². The summed E-state index contributed by atoms with van der Waals surface area (Å²) in [6.45, 7) is 5.86. The van der Waals surface area contributed by atoms with Crippen molar-refractivity contribution in [2.24, 2.45) is 0 Å². The number of nitrogens with one attached hydrogen (secondary N) is 1. The van der Waals surface area contributed by atoms with Gasteiger partial charge in [-0.05, 0) is 20.3 Å². The number of hydrogen-bond donors (Lipinski definition) is 1. The molecule has 1 aliphatic rings. The summed E-state index contributed by atoms with van der Waals surface area (Å²) >= 11 is 1.50. The molecule has 2 amide bonds. The van der Waals surface area contributed by atoms with E-state index in [2.05, 4.69) is 10.3 Å². The van der Waals surface area contributed by atoms with Crippen LogP contribution in [-0.2, 0) is 15.1 Å². The van der Waals surface area contributed by atoms with Crippen molar-refractivity contribution in [3.05, 3.63) is 16.6 Å². The largest absolute Gasteiger partial charge is 0.345 e. The number of aromatic nitrogens is 1. The van der Waals surface area contributed by atoms with Crippen LogP contribution in [0.2, 0.25) is 0 Å². The van der Waals surface area contributed by atoms with Crippen LogP contribution < -0.4 is 5.32 Å². The van der Waals surface area contributed by atoms with Crippen LogP contribution >= 0.6 is 11.3 Å². The van der Waals surface area contributed by atoms with Crippen molar-refractivity contribution in [1.29, 1.82) is 0 Å². The lowest BCUT2D eigenvalue weighted by atomic mass is 9.97. The Morgan fingerprint density at radius 1 is 1.56 bits per heavy atom. The quantitative estimate of drug-likeness (QED) is 0.892. The van der Waals surface area contributed by atoms with Gasteiger partial charge in [0, 0.05) is 11.6 Å². The minimum absolute atomic E-state index is 0.0540. The number of hydrogen-bond acceptors (Lipinski definition) is 4. The van der Waals surface area contributed by atoms with Gasteiger partial charge in [-0.1, -0.05) is 6.92 Å². The molecule has 18 heavy (non-hydrogen) atoms. The first-order valence-electron chi connectivity index (χ1n) is 5.98. The Morgan fingerprint density at radius 3 is 2.83 bits per heavy atom. The summed E-state index contributed by atoms with van der Waals surface area (Å²) in [6, 6.07) is -0.412. The third-order valence-corrected chi connectivity index (χ3v) is 4.33. The van der Waals surface area contributed by atoms with E-state index < -0.39 is 11.6 Å². The van der Waals surface area contributed by atoms with Gasteiger partial charge in [0.1, 0.15) is 11.0 Å². The van der Waals surface area contributed by atoms with E-state index in [9.17, 15) is 9.59 Å². The highest BCUT2D eigenvalue weighted by Crippen LogP contribution is 2.33. The third-order valence-electron chi connectivity index (χ3n) is 3.24. The molecule has 2 rings (SSSR count). The van der Waals surface area contributed by atoms with Gasteiger partial charge in [0.25, 0.3) is 0 Å². The Balaban J connectivity index is 2.39. The van der Waals surface area contributed by atoms with Gasteiger partial charge in [0.15, 0.2) is 0 Å². The molecule has 0 saturated carbocycles. The summed E-state index contributed by atoms with van der Waals surface area (Å²) in [5, 5.41) is 5.37. The number of nitrogens with zero attached hydrogens (tertiary/aromatic N) is 2. The molecule has 5 nitrogen and oxygen atoms in total. The van der Waals surface area contributed by atoms with Gasteiger partial charge in [0.2, 0.25) is 11.8 Å². The molecule has 98 valence electrons. The monoisotopic (exact) mass is 267 g/mol. The van der Waals surface area contributed by atoms with Crippen molar-refractivity contribution >= 4 is 23.2 Å². The molecule has 1 aliphatic heterocycles. The summed E-state index contributed by atoms with van der Waals surface area (Å²) in [5.41, 5.74) is -0.552. The van der Waals surface area contributed by atoms with E-state index >= 15 is 0 Å². The fourth-order valence-electron chi connectivity index (χ4n) is 2.35. The van der Waals surface area contributed by atoms with E-state index in [1.54, 1.807) is 11.1 Å². The molecule has 1 N–H and O–H groups in total. The fraction of sp³-hybridized carbons (Fsp3) is 0.583. The molecule has 1 saturated heterocycles. The molecule has 1 unspecified atom stereocenters. The van der Waals surface area contributed by atoms with Crippen LogP contribution in [0.15, 0.2) is 11.6 Å². The molecule has 0 radical (unpaired) electrons. The highest BCUT2D eigenvalue weighted by Gasteiger charge is 2.43. The molecule has 0 bridgehead atoms. The SMILES string of the molecule is CCC1C(=O)NCC(=O)N1C(C)(C)c1nccs1. The fourth-order valence-corrected chi connectivity index (χ4v) is 3.11. The van der Waals surface area contributed by atoms with Gasteiger partial charge in [-0.2, -0.15) is 0 Å². The lowest BCUT2D eigenvalue weighted by Gasteiger charge is -2.44. The smallest absolute Gasteiger partial charge is 0.243 e. The second kappa shape index (κ2) is 4.68. The summed E-state index contributed by atoms with van der Waals surface area (Å²) < 4.78 is 0. The predicted molar refractivity (Wildman–Crippen MR) is 69.1 cm³/mol. The lowest BCUT2D eigenvalue weighted by molar-refractivity contribution is -0.152. The molecule has 0 aromatic carbocycles. The third kappa shape index (κ3) is 2.01. The predicted octanol–water partition coefficient (Wildman–Crippen LogP) is 1.12. The van der Waals surface area contributed by atoms with Gasteiger partial charge in [-0.3, -0.25) is 9.59 Å². The van der Waals surface area contributed by atoms with E-state index in [4.69, 9.17) is 0 Å². The molecule has 1 atom stereocenters. The molecular weight excluding hydrogens is 250 g/mol. The highest BCUT2D eigenvalue weighted by molar-refractivity contribution is 7.09. The van der Waals surface area contributed by atoms with Crippen LogP contribution in [0.4, 0.5) is 0 Å².